The van der Waals surface area contributed by atoms with Crippen molar-refractivity contribution in [2.75, 3.05) is 6.61 Å². The minimum Gasteiger partial charge on any atom is -0.508 e. The van der Waals surface area contributed by atoms with Crippen molar-refractivity contribution in [3.05, 3.63) is 65.7 Å². The van der Waals surface area contributed by atoms with E-state index in [1.807, 2.05) is 30.3 Å². The van der Waals surface area contributed by atoms with Crippen molar-refractivity contribution >= 4 is 5.91 Å². The normalized spacial score (nSPS) is 11.9. The van der Waals surface area contributed by atoms with Crippen molar-refractivity contribution in [2.45, 2.75) is 18.9 Å². The van der Waals surface area contributed by atoms with Gasteiger partial charge < -0.3 is 15.5 Å². The van der Waals surface area contributed by atoms with E-state index in [0.717, 1.165) is 5.56 Å². The third-order valence-electron chi connectivity index (χ3n) is 3.25. The minimum atomic E-state index is -0.328. The van der Waals surface area contributed by atoms with E-state index in [2.05, 4.69) is 5.32 Å². The molecule has 0 aromatic heterocycles. The Morgan fingerprint density at radius 1 is 1.05 bits per heavy atom. The number of amides is 1. The zero-order chi connectivity index (χ0) is 15.1. The Hall–Kier alpha value is -2.33. The van der Waals surface area contributed by atoms with Gasteiger partial charge in [-0.1, -0.05) is 48.5 Å². The quantitative estimate of drug-likeness (QED) is 0.756. The highest BCUT2D eigenvalue weighted by Crippen LogP contribution is 2.16. The monoisotopic (exact) mass is 285 g/mol. The van der Waals surface area contributed by atoms with Gasteiger partial charge in [0.05, 0.1) is 19.1 Å². The Balaban J connectivity index is 1.92. The van der Waals surface area contributed by atoms with Gasteiger partial charge in [0.2, 0.25) is 5.91 Å². The van der Waals surface area contributed by atoms with E-state index in [1.54, 1.807) is 24.3 Å². The molecule has 0 bridgehead atoms. The van der Waals surface area contributed by atoms with Crippen LogP contribution in [0.1, 0.15) is 11.1 Å². The van der Waals surface area contributed by atoms with E-state index < -0.39 is 0 Å². The van der Waals surface area contributed by atoms with Crippen LogP contribution in [0.3, 0.4) is 0 Å². The summed E-state index contributed by atoms with van der Waals surface area (Å²) in [6, 6.07) is 16.1. The largest absolute Gasteiger partial charge is 0.508 e. The fraction of sp³-hybridized carbons (Fsp3) is 0.235. The average Bonchev–Trinajstić information content (AvgIpc) is 2.50. The van der Waals surface area contributed by atoms with Gasteiger partial charge in [0.15, 0.2) is 0 Å². The summed E-state index contributed by atoms with van der Waals surface area (Å²) in [5.41, 5.74) is 1.63. The summed E-state index contributed by atoms with van der Waals surface area (Å²) in [5.74, 6) is -0.109. The Morgan fingerprint density at radius 3 is 2.38 bits per heavy atom. The van der Waals surface area contributed by atoms with E-state index in [1.165, 1.54) is 0 Å². The van der Waals surface area contributed by atoms with Crippen LogP contribution in [0.2, 0.25) is 0 Å². The summed E-state index contributed by atoms with van der Waals surface area (Å²) in [6.07, 6.45) is 0.668. The molecule has 1 atom stereocenters. The van der Waals surface area contributed by atoms with Crippen molar-refractivity contribution < 1.29 is 15.0 Å². The Morgan fingerprint density at radius 2 is 1.71 bits per heavy atom. The third kappa shape index (κ3) is 4.61. The zero-order valence-electron chi connectivity index (χ0n) is 11.7. The maximum atomic E-state index is 12.0. The number of hydrogen-bond donors (Lipinski definition) is 3. The number of nitrogens with one attached hydrogen (secondary N) is 1. The van der Waals surface area contributed by atoms with Crippen molar-refractivity contribution in [3.63, 3.8) is 0 Å². The van der Waals surface area contributed by atoms with Gasteiger partial charge in [-0.05, 0) is 18.1 Å². The van der Waals surface area contributed by atoms with Crippen LogP contribution in [0.4, 0.5) is 0 Å². The van der Waals surface area contributed by atoms with Gasteiger partial charge in [-0.2, -0.15) is 0 Å². The number of benzene rings is 2. The molecule has 0 fully saturated rings. The summed E-state index contributed by atoms with van der Waals surface area (Å²) >= 11 is 0. The van der Waals surface area contributed by atoms with E-state index in [4.69, 9.17) is 0 Å². The Kier molecular flexibility index (Phi) is 5.35. The average molecular weight is 285 g/mol. The second-order valence-electron chi connectivity index (χ2n) is 4.94. The molecule has 0 aliphatic heterocycles. The number of aliphatic hydroxyl groups is 1. The molecule has 110 valence electrons. The number of aliphatic hydroxyl groups excluding tert-OH is 1. The first kappa shape index (κ1) is 15.1. The second kappa shape index (κ2) is 7.45. The van der Waals surface area contributed by atoms with Gasteiger partial charge in [0.1, 0.15) is 5.75 Å². The topological polar surface area (TPSA) is 69.6 Å². The molecule has 3 N–H and O–H groups in total. The van der Waals surface area contributed by atoms with Crippen LogP contribution in [0.25, 0.3) is 0 Å². The van der Waals surface area contributed by atoms with Crippen LogP contribution >= 0.6 is 0 Å². The number of carbonyl (C=O) groups excluding carboxylic acids is 1. The van der Waals surface area contributed by atoms with Crippen LogP contribution in [-0.4, -0.2) is 28.8 Å². The first-order valence-electron chi connectivity index (χ1n) is 6.90. The molecular weight excluding hydrogens is 266 g/mol. The molecule has 0 aliphatic rings. The van der Waals surface area contributed by atoms with Crippen LogP contribution in [0.5, 0.6) is 5.75 Å². The van der Waals surface area contributed by atoms with Crippen molar-refractivity contribution in [3.8, 4) is 5.75 Å². The lowest BCUT2D eigenvalue weighted by molar-refractivity contribution is -0.121. The number of phenols is 1. The van der Waals surface area contributed by atoms with Gasteiger partial charge >= 0.3 is 0 Å². The molecule has 2 aromatic carbocycles. The smallest absolute Gasteiger partial charge is 0.224 e. The maximum absolute atomic E-state index is 12.0. The summed E-state index contributed by atoms with van der Waals surface area (Å²) in [6.45, 7) is -0.124. The number of aromatic hydroxyl groups is 1. The third-order valence-corrected chi connectivity index (χ3v) is 3.25. The Labute approximate surface area is 124 Å². The van der Waals surface area contributed by atoms with Crippen molar-refractivity contribution in [1.29, 1.82) is 0 Å². The molecule has 0 saturated carbocycles. The highest BCUT2D eigenvalue weighted by atomic mass is 16.3. The second-order valence-corrected chi connectivity index (χ2v) is 4.94. The molecule has 21 heavy (non-hydrogen) atoms. The highest BCUT2D eigenvalue weighted by Gasteiger charge is 2.13. The van der Waals surface area contributed by atoms with Crippen molar-refractivity contribution in [2.24, 2.45) is 0 Å². The fourth-order valence-electron chi connectivity index (χ4n) is 2.17. The van der Waals surface area contributed by atoms with Gasteiger partial charge in [-0.3, -0.25) is 4.79 Å². The summed E-state index contributed by atoms with van der Waals surface area (Å²) in [7, 11) is 0. The molecule has 0 aliphatic carbocycles. The first-order valence-corrected chi connectivity index (χ1v) is 6.90. The number of hydrogen-bond acceptors (Lipinski definition) is 3. The number of phenolic OH excluding ortho intramolecular Hbond substituents is 1. The van der Waals surface area contributed by atoms with Gasteiger partial charge in [-0.25, -0.2) is 0 Å². The molecule has 4 nitrogen and oxygen atoms in total. The maximum Gasteiger partial charge on any atom is 0.224 e. The first-order chi connectivity index (χ1) is 10.2. The SMILES string of the molecule is O=C(Cc1ccccc1O)N[C@H](CO)Cc1ccccc1. The fourth-order valence-corrected chi connectivity index (χ4v) is 2.17. The van der Waals surface area contributed by atoms with Crippen LogP contribution in [-0.2, 0) is 17.6 Å². The highest BCUT2D eigenvalue weighted by molar-refractivity contribution is 5.79. The summed E-state index contributed by atoms with van der Waals surface area (Å²) < 4.78 is 0. The van der Waals surface area contributed by atoms with Crippen LogP contribution in [0.15, 0.2) is 54.6 Å². The van der Waals surface area contributed by atoms with Gasteiger partial charge in [0, 0.05) is 5.56 Å². The Bertz CT molecular complexity index is 584. The summed E-state index contributed by atoms with van der Waals surface area (Å²) in [4.78, 5) is 12.0. The number of para-hydroxylation sites is 1. The predicted molar refractivity (Wildman–Crippen MR) is 81.0 cm³/mol. The molecule has 0 saturated heterocycles. The lowest BCUT2D eigenvalue weighted by Crippen LogP contribution is -2.39. The van der Waals surface area contributed by atoms with Gasteiger partial charge in [0.25, 0.3) is 0 Å². The number of rotatable bonds is 6. The standard InChI is InChI=1S/C17H19NO3/c19-12-15(10-13-6-2-1-3-7-13)18-17(21)11-14-8-4-5-9-16(14)20/h1-9,15,19-20H,10-12H2,(H,18,21)/t15-/m0/s1. The van der Waals surface area contributed by atoms with Gasteiger partial charge in [-0.15, -0.1) is 0 Å². The van der Waals surface area contributed by atoms with E-state index in [0.29, 0.717) is 12.0 Å². The van der Waals surface area contributed by atoms with Crippen LogP contribution < -0.4 is 5.32 Å². The molecule has 0 spiro atoms. The molecule has 1 amide bonds. The molecule has 4 heteroatoms. The molecule has 2 rings (SSSR count). The molecule has 0 unspecified atom stereocenters. The zero-order valence-corrected chi connectivity index (χ0v) is 11.7. The molecule has 2 aromatic rings. The number of carbonyl (C=O) groups is 1. The van der Waals surface area contributed by atoms with E-state index >= 15 is 0 Å². The predicted octanol–water partition coefficient (Wildman–Crippen LogP) is 1.65. The van der Waals surface area contributed by atoms with Crippen LogP contribution in [0, 0.1) is 0 Å². The molecular formula is C17H19NO3. The molecule has 0 heterocycles. The molecule has 0 radical (unpaired) electrons. The lowest BCUT2D eigenvalue weighted by atomic mass is 10.1. The van der Waals surface area contributed by atoms with E-state index in [9.17, 15) is 15.0 Å². The lowest BCUT2D eigenvalue weighted by Gasteiger charge is -2.16. The van der Waals surface area contributed by atoms with Crippen molar-refractivity contribution in [1.82, 2.24) is 5.32 Å². The van der Waals surface area contributed by atoms with E-state index in [-0.39, 0.29) is 30.7 Å². The summed E-state index contributed by atoms with van der Waals surface area (Å²) in [5, 5.41) is 21.8. The minimum absolute atomic E-state index is 0.0952.